The standard InChI is InChI=1S/C7H6N2O/c10-7-6-1-2-8-3-5(6)4-9-7/h1-2,4-5H,3H2. The monoisotopic (exact) mass is 134 g/mol. The number of amides is 1. The van der Waals surface area contributed by atoms with Crippen molar-refractivity contribution in [3.8, 4) is 0 Å². The number of rotatable bonds is 0. The van der Waals surface area contributed by atoms with Crippen LogP contribution in [0.5, 0.6) is 0 Å². The molecule has 0 aromatic rings. The summed E-state index contributed by atoms with van der Waals surface area (Å²) >= 11 is 0. The highest BCUT2D eigenvalue weighted by atomic mass is 16.1. The van der Waals surface area contributed by atoms with Crippen LogP contribution in [0, 0.1) is 5.92 Å². The Morgan fingerprint density at radius 2 is 2.50 bits per heavy atom. The van der Waals surface area contributed by atoms with E-state index in [0.29, 0.717) is 6.54 Å². The molecule has 0 saturated heterocycles. The van der Waals surface area contributed by atoms with Crippen molar-refractivity contribution >= 4 is 18.3 Å². The van der Waals surface area contributed by atoms with E-state index in [2.05, 4.69) is 9.98 Å². The Balaban J connectivity index is 2.40. The van der Waals surface area contributed by atoms with Crippen LogP contribution in [0.15, 0.2) is 21.6 Å². The summed E-state index contributed by atoms with van der Waals surface area (Å²) in [6.45, 7) is 0.682. The van der Waals surface area contributed by atoms with Crippen molar-refractivity contribution in [2.75, 3.05) is 6.54 Å². The van der Waals surface area contributed by atoms with Gasteiger partial charge in [-0.1, -0.05) is 0 Å². The van der Waals surface area contributed by atoms with E-state index in [9.17, 15) is 4.79 Å². The van der Waals surface area contributed by atoms with Gasteiger partial charge >= 0.3 is 0 Å². The molecule has 3 nitrogen and oxygen atoms in total. The van der Waals surface area contributed by atoms with Gasteiger partial charge in [-0.25, -0.2) is 4.99 Å². The Hall–Kier alpha value is -1.25. The molecule has 2 rings (SSSR count). The fourth-order valence-electron chi connectivity index (χ4n) is 1.12. The molecule has 0 aromatic carbocycles. The first-order valence-corrected chi connectivity index (χ1v) is 3.16. The van der Waals surface area contributed by atoms with Crippen LogP contribution >= 0.6 is 0 Å². The van der Waals surface area contributed by atoms with Gasteiger partial charge in [0, 0.05) is 23.9 Å². The quantitative estimate of drug-likeness (QED) is 0.467. The molecule has 10 heavy (non-hydrogen) atoms. The van der Waals surface area contributed by atoms with Crippen molar-refractivity contribution in [1.82, 2.24) is 0 Å². The molecule has 0 aromatic heterocycles. The van der Waals surface area contributed by atoms with E-state index in [-0.39, 0.29) is 11.8 Å². The topological polar surface area (TPSA) is 41.8 Å². The van der Waals surface area contributed by atoms with E-state index in [0.717, 1.165) is 5.57 Å². The highest BCUT2D eigenvalue weighted by molar-refractivity contribution is 6.10. The van der Waals surface area contributed by atoms with E-state index in [1.54, 1.807) is 18.5 Å². The third-order valence-electron chi connectivity index (χ3n) is 1.68. The number of dihydropyridines is 1. The van der Waals surface area contributed by atoms with Gasteiger partial charge in [0.05, 0.1) is 6.54 Å². The van der Waals surface area contributed by atoms with E-state index in [1.165, 1.54) is 0 Å². The molecule has 2 heterocycles. The molecule has 0 spiro atoms. The van der Waals surface area contributed by atoms with Crippen molar-refractivity contribution in [1.29, 1.82) is 0 Å². The van der Waals surface area contributed by atoms with Gasteiger partial charge in [0.25, 0.3) is 5.91 Å². The number of hydrogen-bond acceptors (Lipinski definition) is 2. The maximum Gasteiger partial charge on any atom is 0.273 e. The van der Waals surface area contributed by atoms with Crippen molar-refractivity contribution in [2.45, 2.75) is 0 Å². The van der Waals surface area contributed by atoms with Crippen LogP contribution < -0.4 is 0 Å². The molecular weight excluding hydrogens is 128 g/mol. The van der Waals surface area contributed by atoms with Crippen LogP contribution in [0.1, 0.15) is 0 Å². The molecule has 0 fully saturated rings. The first kappa shape index (κ1) is 5.53. The lowest BCUT2D eigenvalue weighted by Gasteiger charge is -2.06. The lowest BCUT2D eigenvalue weighted by molar-refractivity contribution is -0.114. The van der Waals surface area contributed by atoms with Gasteiger partial charge in [-0.05, 0) is 6.08 Å². The predicted octanol–water partition coefficient (Wildman–Crippen LogP) is 0.224. The third-order valence-corrected chi connectivity index (χ3v) is 1.68. The Morgan fingerprint density at radius 3 is 3.30 bits per heavy atom. The molecule has 0 radical (unpaired) electrons. The maximum atomic E-state index is 10.9. The summed E-state index contributed by atoms with van der Waals surface area (Å²) in [7, 11) is 0. The molecule has 0 N–H and O–H groups in total. The van der Waals surface area contributed by atoms with Gasteiger partial charge < -0.3 is 0 Å². The van der Waals surface area contributed by atoms with Gasteiger partial charge in [0.2, 0.25) is 0 Å². The maximum absolute atomic E-state index is 10.9. The number of allylic oxidation sites excluding steroid dienone is 1. The number of aliphatic imine (C=N–C) groups is 2. The zero-order valence-corrected chi connectivity index (χ0v) is 5.32. The van der Waals surface area contributed by atoms with Gasteiger partial charge in [0.1, 0.15) is 0 Å². The average molecular weight is 134 g/mol. The molecular formula is C7H6N2O. The van der Waals surface area contributed by atoms with Crippen molar-refractivity contribution in [2.24, 2.45) is 15.9 Å². The Kier molecular flexibility index (Phi) is 1.03. The molecule has 0 bridgehead atoms. The summed E-state index contributed by atoms with van der Waals surface area (Å²) in [5, 5.41) is 0. The summed E-state index contributed by atoms with van der Waals surface area (Å²) in [5.41, 5.74) is 0.787. The predicted molar refractivity (Wildman–Crippen MR) is 38.4 cm³/mol. The fourth-order valence-corrected chi connectivity index (χ4v) is 1.12. The second-order valence-electron chi connectivity index (χ2n) is 2.33. The number of nitrogens with zero attached hydrogens (tertiary/aromatic N) is 2. The van der Waals surface area contributed by atoms with Gasteiger partial charge in [-0.3, -0.25) is 9.79 Å². The van der Waals surface area contributed by atoms with Crippen molar-refractivity contribution in [3.05, 3.63) is 11.6 Å². The first-order chi connectivity index (χ1) is 4.88. The van der Waals surface area contributed by atoms with E-state index < -0.39 is 0 Å². The highest BCUT2D eigenvalue weighted by Crippen LogP contribution is 2.19. The fraction of sp³-hybridized carbons (Fsp3) is 0.286. The summed E-state index contributed by atoms with van der Waals surface area (Å²) in [6, 6.07) is 0. The zero-order valence-electron chi connectivity index (χ0n) is 5.32. The lowest BCUT2D eigenvalue weighted by atomic mass is 10.0. The van der Waals surface area contributed by atoms with E-state index in [1.807, 2.05) is 0 Å². The molecule has 2 aliphatic rings. The second kappa shape index (κ2) is 1.87. The van der Waals surface area contributed by atoms with E-state index >= 15 is 0 Å². The molecule has 50 valence electrons. The van der Waals surface area contributed by atoms with Crippen molar-refractivity contribution in [3.63, 3.8) is 0 Å². The first-order valence-electron chi connectivity index (χ1n) is 3.16. The zero-order chi connectivity index (χ0) is 6.97. The number of fused-ring (bicyclic) bond motifs is 1. The largest absolute Gasteiger partial charge is 0.292 e. The summed E-state index contributed by atoms with van der Waals surface area (Å²) in [4.78, 5) is 18.6. The van der Waals surface area contributed by atoms with Gasteiger partial charge in [-0.2, -0.15) is 0 Å². The Labute approximate surface area is 58.2 Å². The Bertz CT molecular complexity index is 263. The summed E-state index contributed by atoms with van der Waals surface area (Å²) in [5.74, 6) is 0.0636. The normalized spacial score (nSPS) is 28.6. The van der Waals surface area contributed by atoms with Crippen LogP contribution in [-0.2, 0) is 4.79 Å². The molecule has 1 unspecified atom stereocenters. The smallest absolute Gasteiger partial charge is 0.273 e. The molecule has 1 amide bonds. The summed E-state index contributed by atoms with van der Waals surface area (Å²) < 4.78 is 0. The van der Waals surface area contributed by atoms with Gasteiger partial charge in [0.15, 0.2) is 0 Å². The van der Waals surface area contributed by atoms with Crippen molar-refractivity contribution < 1.29 is 4.79 Å². The Morgan fingerprint density at radius 1 is 1.60 bits per heavy atom. The van der Waals surface area contributed by atoms with Crippen LogP contribution in [0.3, 0.4) is 0 Å². The highest BCUT2D eigenvalue weighted by Gasteiger charge is 2.24. The van der Waals surface area contributed by atoms with Gasteiger partial charge in [-0.15, -0.1) is 0 Å². The van der Waals surface area contributed by atoms with Crippen LogP contribution in [0.4, 0.5) is 0 Å². The number of hydrogen-bond donors (Lipinski definition) is 0. The SMILES string of the molecule is O=C1N=CC2CN=CC=C12. The van der Waals surface area contributed by atoms with E-state index in [4.69, 9.17) is 0 Å². The average Bonchev–Trinajstić information content (AvgIpc) is 2.34. The molecule has 1 atom stereocenters. The number of carbonyl (C=O) groups is 1. The third kappa shape index (κ3) is 0.635. The molecule has 2 aliphatic heterocycles. The minimum absolute atomic E-state index is 0.101. The minimum Gasteiger partial charge on any atom is -0.292 e. The number of carbonyl (C=O) groups excluding carboxylic acids is 1. The lowest BCUT2D eigenvalue weighted by Crippen LogP contribution is -2.11. The minimum atomic E-state index is -0.101. The second-order valence-corrected chi connectivity index (χ2v) is 2.33. The molecule has 0 aliphatic carbocycles. The van der Waals surface area contributed by atoms with Crippen LogP contribution in [-0.4, -0.2) is 24.9 Å². The summed E-state index contributed by atoms with van der Waals surface area (Å²) in [6.07, 6.45) is 5.08. The molecule has 0 saturated carbocycles. The molecule has 3 heteroatoms. The van der Waals surface area contributed by atoms with Crippen LogP contribution in [0.2, 0.25) is 0 Å². The van der Waals surface area contributed by atoms with Crippen LogP contribution in [0.25, 0.3) is 0 Å².